The molecular formula is C28H24FN3O3. The van der Waals surface area contributed by atoms with E-state index in [-0.39, 0.29) is 11.7 Å². The molecule has 2 heterocycles. The molecule has 6 nitrogen and oxygen atoms in total. The molecule has 4 aromatic rings. The molecular weight excluding hydrogens is 445 g/mol. The third kappa shape index (κ3) is 3.91. The van der Waals surface area contributed by atoms with Crippen molar-refractivity contribution in [2.24, 2.45) is 5.92 Å². The highest BCUT2D eigenvalue weighted by Crippen LogP contribution is 2.38. The first-order chi connectivity index (χ1) is 17.0. The Bertz CT molecular complexity index is 1440. The first-order valence-corrected chi connectivity index (χ1v) is 11.7. The fraction of sp³-hybridized carbons (Fsp3) is 0.250. The molecule has 0 radical (unpaired) electrons. The summed E-state index contributed by atoms with van der Waals surface area (Å²) >= 11 is 0. The Balaban J connectivity index is 1.20. The SMILES string of the molecule is Cc1cc(-c2nc(-c3ccc4c(c3)CN(C3CC(C(=O)O)C3)C4)no2)ccc1-c1ccccc1F. The van der Waals surface area contributed by atoms with Gasteiger partial charge in [0.05, 0.1) is 5.92 Å². The maximum absolute atomic E-state index is 14.2. The summed E-state index contributed by atoms with van der Waals surface area (Å²) in [6.07, 6.45) is 1.44. The summed E-state index contributed by atoms with van der Waals surface area (Å²) in [5.41, 5.74) is 6.47. The van der Waals surface area contributed by atoms with E-state index in [0.717, 1.165) is 48.2 Å². The fourth-order valence-electron chi connectivity index (χ4n) is 5.14. The van der Waals surface area contributed by atoms with Crippen molar-refractivity contribution in [1.29, 1.82) is 0 Å². The highest BCUT2D eigenvalue weighted by Gasteiger charge is 2.39. The van der Waals surface area contributed by atoms with Gasteiger partial charge >= 0.3 is 5.97 Å². The highest BCUT2D eigenvalue weighted by molar-refractivity contribution is 5.72. The zero-order valence-corrected chi connectivity index (χ0v) is 19.2. The van der Waals surface area contributed by atoms with Gasteiger partial charge in [0.25, 0.3) is 5.89 Å². The predicted molar refractivity (Wildman–Crippen MR) is 129 cm³/mol. The Hall–Kier alpha value is -3.84. The monoisotopic (exact) mass is 469 g/mol. The molecule has 1 fully saturated rings. The first-order valence-electron chi connectivity index (χ1n) is 11.7. The average molecular weight is 470 g/mol. The lowest BCUT2D eigenvalue weighted by Crippen LogP contribution is -2.44. The molecule has 3 aromatic carbocycles. The zero-order valence-electron chi connectivity index (χ0n) is 19.2. The smallest absolute Gasteiger partial charge is 0.306 e. The second-order valence-corrected chi connectivity index (χ2v) is 9.48. The molecule has 1 aliphatic carbocycles. The number of nitrogens with zero attached hydrogens (tertiary/aromatic N) is 3. The van der Waals surface area contributed by atoms with Gasteiger partial charge in [-0.3, -0.25) is 9.69 Å². The van der Waals surface area contributed by atoms with Crippen molar-refractivity contribution in [3.8, 4) is 34.0 Å². The quantitative estimate of drug-likeness (QED) is 0.404. The number of benzene rings is 3. The van der Waals surface area contributed by atoms with Crippen LogP contribution in [0.15, 0.2) is 65.2 Å². The lowest BCUT2D eigenvalue weighted by atomic mass is 9.79. The van der Waals surface area contributed by atoms with Gasteiger partial charge in [-0.15, -0.1) is 0 Å². The molecule has 176 valence electrons. The Kier molecular flexibility index (Phi) is 5.22. The number of fused-ring (bicyclic) bond motifs is 1. The summed E-state index contributed by atoms with van der Waals surface area (Å²) in [5, 5.41) is 13.3. The highest BCUT2D eigenvalue weighted by atomic mass is 19.1. The lowest BCUT2D eigenvalue weighted by Gasteiger charge is -2.39. The number of carboxylic acid groups (broad SMARTS) is 1. The third-order valence-corrected chi connectivity index (χ3v) is 7.25. The van der Waals surface area contributed by atoms with Crippen LogP contribution in [0.25, 0.3) is 34.0 Å². The van der Waals surface area contributed by atoms with E-state index in [0.29, 0.717) is 23.3 Å². The van der Waals surface area contributed by atoms with Crippen LogP contribution in [-0.4, -0.2) is 32.2 Å². The number of aliphatic carboxylic acids is 1. The number of carbonyl (C=O) groups is 1. The third-order valence-electron chi connectivity index (χ3n) is 7.25. The van der Waals surface area contributed by atoms with Gasteiger partial charge in [-0.2, -0.15) is 4.98 Å². The number of hydrogen-bond acceptors (Lipinski definition) is 5. The van der Waals surface area contributed by atoms with Gasteiger partial charge in [-0.1, -0.05) is 41.6 Å². The summed E-state index contributed by atoms with van der Waals surface area (Å²) in [6.45, 7) is 3.59. The van der Waals surface area contributed by atoms with Crippen molar-refractivity contribution in [1.82, 2.24) is 15.0 Å². The number of hydrogen-bond donors (Lipinski definition) is 1. The van der Waals surface area contributed by atoms with Gasteiger partial charge in [0, 0.05) is 35.8 Å². The molecule has 0 spiro atoms. The maximum Gasteiger partial charge on any atom is 0.306 e. The molecule has 2 aliphatic rings. The number of carboxylic acids is 1. The molecule has 1 N–H and O–H groups in total. The zero-order chi connectivity index (χ0) is 24.1. The number of aromatic nitrogens is 2. The van der Waals surface area contributed by atoms with E-state index in [1.165, 1.54) is 17.2 Å². The molecule has 0 unspecified atom stereocenters. The van der Waals surface area contributed by atoms with Crippen molar-refractivity contribution in [3.63, 3.8) is 0 Å². The van der Waals surface area contributed by atoms with Gasteiger partial charge in [0.2, 0.25) is 5.82 Å². The average Bonchev–Trinajstić information content (AvgIpc) is 3.45. The van der Waals surface area contributed by atoms with E-state index in [1.807, 2.05) is 37.3 Å². The summed E-state index contributed by atoms with van der Waals surface area (Å²) < 4.78 is 19.8. The van der Waals surface area contributed by atoms with Crippen LogP contribution in [0, 0.1) is 18.7 Å². The van der Waals surface area contributed by atoms with Crippen molar-refractivity contribution in [2.75, 3.05) is 0 Å². The van der Waals surface area contributed by atoms with E-state index in [4.69, 9.17) is 9.63 Å². The maximum atomic E-state index is 14.2. The van der Waals surface area contributed by atoms with Gasteiger partial charge in [0.1, 0.15) is 5.82 Å². The molecule has 1 aliphatic heterocycles. The fourth-order valence-corrected chi connectivity index (χ4v) is 5.14. The lowest BCUT2D eigenvalue weighted by molar-refractivity contribution is -0.147. The molecule has 0 bridgehead atoms. The van der Waals surface area contributed by atoms with E-state index < -0.39 is 5.97 Å². The van der Waals surface area contributed by atoms with Crippen LogP contribution in [0.3, 0.4) is 0 Å². The van der Waals surface area contributed by atoms with Crippen molar-refractivity contribution in [2.45, 2.75) is 38.9 Å². The summed E-state index contributed by atoms with van der Waals surface area (Å²) in [4.78, 5) is 18.1. The standard InChI is InChI=1S/C28H24FN3O3/c1-16-10-18(8-9-23(16)24-4-2-3-5-25(24)29)27-30-26(31-35-27)17-6-7-19-14-32(15-21(19)11-17)22-12-20(13-22)28(33)34/h2-11,20,22H,12-15H2,1H3,(H,33,34). The van der Waals surface area contributed by atoms with Crippen LogP contribution < -0.4 is 0 Å². The molecule has 0 amide bonds. The molecule has 1 saturated carbocycles. The normalized spacial score (nSPS) is 19.4. The minimum Gasteiger partial charge on any atom is -0.481 e. The summed E-state index contributed by atoms with van der Waals surface area (Å²) in [7, 11) is 0. The molecule has 0 saturated heterocycles. The second-order valence-electron chi connectivity index (χ2n) is 9.48. The topological polar surface area (TPSA) is 79.5 Å². The van der Waals surface area contributed by atoms with Crippen molar-refractivity contribution < 1.29 is 18.8 Å². The largest absolute Gasteiger partial charge is 0.481 e. The molecule has 1 aromatic heterocycles. The number of aryl methyl sites for hydroxylation is 1. The van der Waals surface area contributed by atoms with Gasteiger partial charge < -0.3 is 9.63 Å². The van der Waals surface area contributed by atoms with Crippen molar-refractivity contribution in [3.05, 3.63) is 83.2 Å². The Morgan fingerprint density at radius 2 is 1.77 bits per heavy atom. The van der Waals surface area contributed by atoms with Gasteiger partial charge in [0.15, 0.2) is 0 Å². The first kappa shape index (κ1) is 21.7. The van der Waals surface area contributed by atoms with E-state index in [1.54, 1.807) is 12.1 Å². The second kappa shape index (κ2) is 8.43. The van der Waals surface area contributed by atoms with Crippen LogP contribution in [0.2, 0.25) is 0 Å². The van der Waals surface area contributed by atoms with Crippen LogP contribution in [-0.2, 0) is 17.9 Å². The van der Waals surface area contributed by atoms with Crippen LogP contribution in [0.4, 0.5) is 4.39 Å². The summed E-state index contributed by atoms with van der Waals surface area (Å²) in [6, 6.07) is 19.0. The Morgan fingerprint density at radius 1 is 1.00 bits per heavy atom. The molecule has 35 heavy (non-hydrogen) atoms. The molecule has 6 rings (SSSR count). The van der Waals surface area contributed by atoms with Gasteiger partial charge in [-0.05, 0) is 66.3 Å². The molecule has 0 atom stereocenters. The minimum atomic E-state index is -0.690. The minimum absolute atomic E-state index is 0.207. The van der Waals surface area contributed by atoms with E-state index in [9.17, 15) is 9.18 Å². The van der Waals surface area contributed by atoms with Crippen LogP contribution in [0.1, 0.15) is 29.5 Å². The Labute approximate surface area is 202 Å². The Morgan fingerprint density at radius 3 is 2.54 bits per heavy atom. The molecule has 7 heteroatoms. The van der Waals surface area contributed by atoms with Crippen molar-refractivity contribution >= 4 is 5.97 Å². The van der Waals surface area contributed by atoms with E-state index >= 15 is 0 Å². The summed E-state index contributed by atoms with van der Waals surface area (Å²) in [5.74, 6) is -0.213. The predicted octanol–water partition coefficient (Wildman–Crippen LogP) is 5.70. The van der Waals surface area contributed by atoms with Crippen LogP contribution >= 0.6 is 0 Å². The van der Waals surface area contributed by atoms with E-state index in [2.05, 4.69) is 27.2 Å². The number of rotatable bonds is 5. The van der Waals surface area contributed by atoms with Crippen LogP contribution in [0.5, 0.6) is 0 Å². The number of halogens is 1. The van der Waals surface area contributed by atoms with Gasteiger partial charge in [-0.25, -0.2) is 4.39 Å².